The van der Waals surface area contributed by atoms with Gasteiger partial charge in [-0.15, -0.1) is 5.10 Å². The van der Waals surface area contributed by atoms with Crippen LogP contribution in [0, 0.1) is 11.8 Å². The zero-order valence-electron chi connectivity index (χ0n) is 12.8. The minimum atomic E-state index is 0.0538. The third kappa shape index (κ3) is 2.83. The highest BCUT2D eigenvalue weighted by molar-refractivity contribution is 5.14. The van der Waals surface area contributed by atoms with Gasteiger partial charge in [-0.1, -0.05) is 39.3 Å². The van der Waals surface area contributed by atoms with Gasteiger partial charge in [0.05, 0.1) is 11.9 Å². The molecule has 0 bridgehead atoms. The lowest BCUT2D eigenvalue weighted by atomic mass is 9.65. The van der Waals surface area contributed by atoms with Crippen molar-refractivity contribution in [2.75, 3.05) is 0 Å². The molecule has 2 N–H and O–H groups in total. The molecule has 0 spiro atoms. The average Bonchev–Trinajstić information content (AvgIpc) is 2.78. The Balaban J connectivity index is 2.23. The van der Waals surface area contributed by atoms with Gasteiger partial charge in [0.2, 0.25) is 0 Å². The first kappa shape index (κ1) is 14.5. The van der Waals surface area contributed by atoms with Gasteiger partial charge < -0.3 is 5.73 Å². The number of hydrogen-bond donors (Lipinski definition) is 1. The molecule has 1 heterocycles. The highest BCUT2D eigenvalue weighted by Crippen LogP contribution is 2.41. The first-order chi connectivity index (χ1) is 8.96. The molecule has 0 amide bonds. The van der Waals surface area contributed by atoms with E-state index in [4.69, 9.17) is 5.73 Å². The summed E-state index contributed by atoms with van der Waals surface area (Å²) in [5.74, 6) is 1.29. The van der Waals surface area contributed by atoms with E-state index in [-0.39, 0.29) is 5.41 Å². The van der Waals surface area contributed by atoms with E-state index in [1.165, 1.54) is 18.5 Å². The van der Waals surface area contributed by atoms with Crippen LogP contribution in [-0.2, 0) is 12.0 Å². The molecule has 0 saturated heterocycles. The molecule has 1 aromatic heterocycles. The Labute approximate surface area is 116 Å². The highest BCUT2D eigenvalue weighted by atomic mass is 15.4. The monoisotopic (exact) mass is 264 g/mol. The molecule has 4 heteroatoms. The van der Waals surface area contributed by atoms with Crippen molar-refractivity contribution in [3.63, 3.8) is 0 Å². The van der Waals surface area contributed by atoms with Crippen molar-refractivity contribution in [2.24, 2.45) is 17.6 Å². The number of nitrogens with zero attached hydrogens (tertiary/aromatic N) is 3. The van der Waals surface area contributed by atoms with E-state index in [0.29, 0.717) is 12.0 Å². The molecule has 1 aliphatic rings. The van der Waals surface area contributed by atoms with Gasteiger partial charge in [-0.2, -0.15) is 0 Å². The Hall–Kier alpha value is -0.900. The first-order valence-electron chi connectivity index (χ1n) is 7.61. The van der Waals surface area contributed by atoms with Gasteiger partial charge in [0, 0.05) is 18.0 Å². The van der Waals surface area contributed by atoms with Crippen LogP contribution in [0.25, 0.3) is 0 Å². The summed E-state index contributed by atoms with van der Waals surface area (Å²) < 4.78 is 2.06. The second kappa shape index (κ2) is 5.61. The van der Waals surface area contributed by atoms with Gasteiger partial charge in [-0.3, -0.25) is 0 Å². The average molecular weight is 264 g/mol. The van der Waals surface area contributed by atoms with Crippen molar-refractivity contribution in [3.8, 4) is 0 Å². The Morgan fingerprint density at radius 1 is 1.42 bits per heavy atom. The number of aromatic nitrogens is 3. The van der Waals surface area contributed by atoms with Crippen molar-refractivity contribution in [1.82, 2.24) is 15.0 Å². The van der Waals surface area contributed by atoms with E-state index in [0.717, 1.165) is 25.3 Å². The van der Waals surface area contributed by atoms with Crippen LogP contribution in [0.5, 0.6) is 0 Å². The molecule has 3 unspecified atom stereocenters. The summed E-state index contributed by atoms with van der Waals surface area (Å²) in [6, 6.07) is 0.295. The normalized spacial score (nSPS) is 28.6. The maximum Gasteiger partial charge on any atom is 0.0730 e. The fraction of sp³-hybridized carbons (Fsp3) is 0.867. The van der Waals surface area contributed by atoms with E-state index in [1.54, 1.807) is 0 Å². The summed E-state index contributed by atoms with van der Waals surface area (Å²) in [5, 5.41) is 8.35. The molecule has 1 saturated carbocycles. The Kier molecular flexibility index (Phi) is 4.29. The summed E-state index contributed by atoms with van der Waals surface area (Å²) in [7, 11) is 0. The van der Waals surface area contributed by atoms with Crippen LogP contribution in [0.1, 0.15) is 59.1 Å². The molecule has 1 aromatic rings. The minimum absolute atomic E-state index is 0.0538. The maximum absolute atomic E-state index is 6.44. The van der Waals surface area contributed by atoms with Crippen LogP contribution in [0.2, 0.25) is 0 Å². The highest BCUT2D eigenvalue weighted by Gasteiger charge is 2.40. The second-order valence-corrected chi connectivity index (χ2v) is 6.75. The lowest BCUT2D eigenvalue weighted by molar-refractivity contribution is 0.163. The molecule has 2 rings (SSSR count). The molecule has 4 nitrogen and oxygen atoms in total. The van der Waals surface area contributed by atoms with E-state index in [2.05, 4.69) is 42.7 Å². The van der Waals surface area contributed by atoms with Gasteiger partial charge in [0.1, 0.15) is 0 Å². The van der Waals surface area contributed by atoms with E-state index < -0.39 is 0 Å². The fourth-order valence-electron chi connectivity index (χ4n) is 3.64. The smallest absolute Gasteiger partial charge is 0.0730 e. The summed E-state index contributed by atoms with van der Waals surface area (Å²) >= 11 is 0. The van der Waals surface area contributed by atoms with Gasteiger partial charge in [-0.05, 0) is 31.1 Å². The summed E-state index contributed by atoms with van der Waals surface area (Å²) in [6.45, 7) is 10.0. The van der Waals surface area contributed by atoms with Gasteiger partial charge in [-0.25, -0.2) is 4.68 Å². The lowest BCUT2D eigenvalue weighted by Gasteiger charge is -2.42. The maximum atomic E-state index is 6.44. The van der Waals surface area contributed by atoms with Crippen molar-refractivity contribution < 1.29 is 0 Å². The zero-order chi connectivity index (χ0) is 14.0. The molecule has 0 aliphatic heterocycles. The number of rotatable bonds is 4. The Morgan fingerprint density at radius 3 is 2.79 bits per heavy atom. The summed E-state index contributed by atoms with van der Waals surface area (Å²) in [6.07, 6.45) is 6.66. The van der Waals surface area contributed by atoms with Crippen LogP contribution in [0.4, 0.5) is 0 Å². The SMILES string of the molecule is CCCn1nncc1C(C)(C)C1CCC(C)CC1N. The molecule has 19 heavy (non-hydrogen) atoms. The molecular formula is C15H28N4. The number of nitrogens with two attached hydrogens (primary N) is 1. The van der Waals surface area contributed by atoms with Crippen molar-refractivity contribution in [1.29, 1.82) is 0 Å². The van der Waals surface area contributed by atoms with E-state index in [1.807, 2.05) is 6.20 Å². The lowest BCUT2D eigenvalue weighted by Crippen LogP contribution is -2.46. The third-order valence-electron chi connectivity index (χ3n) is 4.80. The fourth-order valence-corrected chi connectivity index (χ4v) is 3.64. The Morgan fingerprint density at radius 2 is 2.16 bits per heavy atom. The molecule has 0 aromatic carbocycles. The largest absolute Gasteiger partial charge is 0.327 e. The molecule has 1 fully saturated rings. The van der Waals surface area contributed by atoms with Crippen LogP contribution in [0.15, 0.2) is 6.20 Å². The zero-order valence-corrected chi connectivity index (χ0v) is 12.8. The van der Waals surface area contributed by atoms with Crippen LogP contribution >= 0.6 is 0 Å². The van der Waals surface area contributed by atoms with Crippen molar-refractivity contribution in [2.45, 2.75) is 71.4 Å². The third-order valence-corrected chi connectivity index (χ3v) is 4.80. The number of aryl methyl sites for hydroxylation is 1. The van der Waals surface area contributed by atoms with Gasteiger partial charge in [0.15, 0.2) is 0 Å². The predicted molar refractivity (Wildman–Crippen MR) is 77.8 cm³/mol. The molecule has 3 atom stereocenters. The molecule has 0 radical (unpaired) electrons. The van der Waals surface area contributed by atoms with Crippen LogP contribution in [-0.4, -0.2) is 21.0 Å². The van der Waals surface area contributed by atoms with Crippen LogP contribution < -0.4 is 5.73 Å². The standard InChI is InChI=1S/C15H28N4/c1-5-8-19-14(10-17-18-19)15(3,4)12-7-6-11(2)9-13(12)16/h10-13H,5-9,16H2,1-4H3. The molecular weight excluding hydrogens is 236 g/mol. The quantitative estimate of drug-likeness (QED) is 0.909. The molecule has 1 aliphatic carbocycles. The molecule has 108 valence electrons. The summed E-state index contributed by atoms with van der Waals surface area (Å²) in [4.78, 5) is 0. The first-order valence-corrected chi connectivity index (χ1v) is 7.61. The summed E-state index contributed by atoms with van der Waals surface area (Å²) in [5.41, 5.74) is 7.73. The van der Waals surface area contributed by atoms with Crippen molar-refractivity contribution in [3.05, 3.63) is 11.9 Å². The predicted octanol–water partition coefficient (Wildman–Crippen LogP) is 2.73. The van der Waals surface area contributed by atoms with E-state index >= 15 is 0 Å². The number of hydrogen-bond acceptors (Lipinski definition) is 3. The second-order valence-electron chi connectivity index (χ2n) is 6.75. The van der Waals surface area contributed by atoms with Gasteiger partial charge >= 0.3 is 0 Å². The van der Waals surface area contributed by atoms with E-state index in [9.17, 15) is 0 Å². The van der Waals surface area contributed by atoms with Crippen LogP contribution in [0.3, 0.4) is 0 Å². The minimum Gasteiger partial charge on any atom is -0.327 e. The van der Waals surface area contributed by atoms with Gasteiger partial charge in [0.25, 0.3) is 0 Å². The topological polar surface area (TPSA) is 56.7 Å². The Bertz CT molecular complexity index is 410. The van der Waals surface area contributed by atoms with Crippen molar-refractivity contribution >= 4 is 0 Å².